The van der Waals surface area contributed by atoms with Crippen molar-refractivity contribution in [3.63, 3.8) is 0 Å². The lowest BCUT2D eigenvalue weighted by Gasteiger charge is -2.10. The Kier molecular flexibility index (Phi) is 4.60. The first-order valence-electron chi connectivity index (χ1n) is 7.06. The third kappa shape index (κ3) is 3.66. The molecule has 0 aliphatic carbocycles. The second kappa shape index (κ2) is 6.62. The predicted molar refractivity (Wildman–Crippen MR) is 91.0 cm³/mol. The normalized spacial score (nSPS) is 16.3. The van der Waals surface area contributed by atoms with Gasteiger partial charge in [-0.15, -0.1) is 11.3 Å². The van der Waals surface area contributed by atoms with Gasteiger partial charge in [-0.25, -0.2) is 0 Å². The smallest absolute Gasteiger partial charge is 0.220 e. The zero-order chi connectivity index (χ0) is 14.7. The van der Waals surface area contributed by atoms with Crippen LogP contribution in [0.4, 0.5) is 5.69 Å². The molecular weight excluding hydrogens is 348 g/mol. The van der Waals surface area contributed by atoms with Crippen molar-refractivity contribution in [3.05, 3.63) is 50.6 Å². The summed E-state index contributed by atoms with van der Waals surface area (Å²) in [5, 5.41) is 6.38. The Morgan fingerprint density at radius 2 is 2.19 bits per heavy atom. The van der Waals surface area contributed by atoms with E-state index in [2.05, 4.69) is 44.8 Å². The summed E-state index contributed by atoms with van der Waals surface area (Å²) in [7, 11) is 0. The number of hydrogen-bond acceptors (Lipinski definition) is 3. The van der Waals surface area contributed by atoms with Crippen LogP contribution in [0.3, 0.4) is 0 Å². The first-order valence-corrected chi connectivity index (χ1v) is 8.67. The van der Waals surface area contributed by atoms with Gasteiger partial charge in [-0.2, -0.15) is 0 Å². The van der Waals surface area contributed by atoms with Crippen LogP contribution in [0, 0.1) is 0 Å². The van der Waals surface area contributed by atoms with E-state index in [-0.39, 0.29) is 11.8 Å². The fourth-order valence-corrected chi connectivity index (χ4v) is 4.13. The monoisotopic (exact) mass is 364 g/mol. The Morgan fingerprint density at radius 3 is 3.00 bits per heavy atom. The number of nitrogens with one attached hydrogen (secondary N) is 2. The molecule has 1 aromatic heterocycles. The predicted octanol–water partition coefficient (Wildman–Crippen LogP) is 3.77. The van der Waals surface area contributed by atoms with E-state index in [4.69, 9.17) is 0 Å². The summed E-state index contributed by atoms with van der Waals surface area (Å²) < 4.78 is 1.14. The lowest BCUT2D eigenvalue weighted by atomic mass is 9.97. The summed E-state index contributed by atoms with van der Waals surface area (Å²) >= 11 is 5.17. The highest BCUT2D eigenvalue weighted by Gasteiger charge is 2.23. The molecule has 5 heteroatoms. The third-order valence-corrected chi connectivity index (χ3v) is 5.38. The average Bonchev–Trinajstić information content (AvgIpc) is 3.06. The molecule has 0 fully saturated rings. The lowest BCUT2D eigenvalue weighted by Crippen LogP contribution is -2.27. The molecule has 21 heavy (non-hydrogen) atoms. The molecule has 3 nitrogen and oxygen atoms in total. The number of benzene rings is 1. The quantitative estimate of drug-likeness (QED) is 0.847. The van der Waals surface area contributed by atoms with Gasteiger partial charge in [-0.3, -0.25) is 4.79 Å². The minimum absolute atomic E-state index is 0.133. The highest BCUT2D eigenvalue weighted by Crippen LogP contribution is 2.33. The minimum Gasteiger partial charge on any atom is -0.384 e. The van der Waals surface area contributed by atoms with Crippen LogP contribution < -0.4 is 10.6 Å². The second-order valence-electron chi connectivity index (χ2n) is 5.17. The van der Waals surface area contributed by atoms with Gasteiger partial charge in [0.05, 0.1) is 3.79 Å². The van der Waals surface area contributed by atoms with Crippen LogP contribution in [-0.4, -0.2) is 19.0 Å². The van der Waals surface area contributed by atoms with Gasteiger partial charge in [0.2, 0.25) is 5.91 Å². The summed E-state index contributed by atoms with van der Waals surface area (Å²) in [6, 6.07) is 12.4. The molecular formula is C16H17BrN2OS. The number of anilines is 1. The second-order valence-corrected chi connectivity index (χ2v) is 7.72. The van der Waals surface area contributed by atoms with Gasteiger partial charge in [0.25, 0.3) is 0 Å². The average molecular weight is 365 g/mol. The lowest BCUT2D eigenvalue weighted by molar-refractivity contribution is -0.121. The first-order chi connectivity index (χ1) is 10.2. The summed E-state index contributed by atoms with van der Waals surface area (Å²) in [5.41, 5.74) is 2.42. The number of halogens is 1. The van der Waals surface area contributed by atoms with E-state index in [1.807, 2.05) is 18.2 Å². The van der Waals surface area contributed by atoms with Crippen molar-refractivity contribution in [3.8, 4) is 0 Å². The SMILES string of the molecule is O=C(CC1CNc2ccccc21)NCCc1ccc(Br)s1. The van der Waals surface area contributed by atoms with Gasteiger partial charge in [-0.1, -0.05) is 18.2 Å². The molecule has 0 spiro atoms. The first kappa shape index (κ1) is 14.6. The Hall–Kier alpha value is -1.33. The maximum atomic E-state index is 12.1. The maximum Gasteiger partial charge on any atom is 0.220 e. The molecule has 1 aromatic carbocycles. The van der Waals surface area contributed by atoms with Crippen molar-refractivity contribution in [2.24, 2.45) is 0 Å². The van der Waals surface area contributed by atoms with E-state index in [1.165, 1.54) is 16.1 Å². The van der Waals surface area contributed by atoms with Crippen molar-refractivity contribution >= 4 is 38.9 Å². The number of fused-ring (bicyclic) bond motifs is 1. The van der Waals surface area contributed by atoms with Gasteiger partial charge in [0, 0.05) is 36.0 Å². The Labute approximate surface area is 136 Å². The molecule has 0 radical (unpaired) electrons. The van der Waals surface area contributed by atoms with Crippen molar-refractivity contribution in [2.75, 3.05) is 18.4 Å². The van der Waals surface area contributed by atoms with Gasteiger partial charge in [0.15, 0.2) is 0 Å². The van der Waals surface area contributed by atoms with E-state index < -0.39 is 0 Å². The van der Waals surface area contributed by atoms with E-state index in [0.717, 1.165) is 16.8 Å². The van der Waals surface area contributed by atoms with Crippen LogP contribution in [0.15, 0.2) is 40.2 Å². The van der Waals surface area contributed by atoms with Crippen molar-refractivity contribution in [1.29, 1.82) is 0 Å². The Balaban J connectivity index is 1.47. The van der Waals surface area contributed by atoms with Gasteiger partial charge in [0.1, 0.15) is 0 Å². The summed E-state index contributed by atoms with van der Waals surface area (Å²) in [6.07, 6.45) is 1.44. The van der Waals surface area contributed by atoms with Crippen molar-refractivity contribution in [2.45, 2.75) is 18.8 Å². The molecule has 3 rings (SSSR count). The molecule has 1 atom stereocenters. The fourth-order valence-electron chi connectivity index (χ4n) is 2.65. The highest BCUT2D eigenvalue weighted by atomic mass is 79.9. The standard InChI is InChI=1S/C16H17BrN2OS/c17-15-6-5-12(21-15)7-8-18-16(20)9-11-10-19-14-4-2-1-3-13(11)14/h1-6,11,19H,7-10H2,(H,18,20). The summed E-state index contributed by atoms with van der Waals surface area (Å²) in [5.74, 6) is 0.422. The topological polar surface area (TPSA) is 41.1 Å². The number of thiophene rings is 1. The summed E-state index contributed by atoms with van der Waals surface area (Å²) in [4.78, 5) is 13.3. The fraction of sp³-hybridized carbons (Fsp3) is 0.312. The highest BCUT2D eigenvalue weighted by molar-refractivity contribution is 9.11. The Bertz CT molecular complexity index is 641. The molecule has 0 saturated carbocycles. The van der Waals surface area contributed by atoms with Crippen LogP contribution in [0.1, 0.15) is 22.8 Å². The van der Waals surface area contributed by atoms with Crippen molar-refractivity contribution < 1.29 is 4.79 Å². The Morgan fingerprint density at radius 1 is 1.33 bits per heavy atom. The molecule has 1 aliphatic rings. The minimum atomic E-state index is 0.133. The number of amides is 1. The van der Waals surface area contributed by atoms with Crippen LogP contribution in [0.2, 0.25) is 0 Å². The zero-order valence-electron chi connectivity index (χ0n) is 11.6. The zero-order valence-corrected chi connectivity index (χ0v) is 14.0. The molecule has 110 valence electrons. The number of rotatable bonds is 5. The number of hydrogen-bond donors (Lipinski definition) is 2. The number of carbonyl (C=O) groups excluding carboxylic acids is 1. The van der Waals surface area contributed by atoms with E-state index >= 15 is 0 Å². The number of carbonyl (C=O) groups is 1. The molecule has 2 heterocycles. The molecule has 1 unspecified atom stereocenters. The van der Waals surface area contributed by atoms with Crippen LogP contribution in [0.5, 0.6) is 0 Å². The molecule has 1 aliphatic heterocycles. The molecule has 0 bridgehead atoms. The van der Waals surface area contributed by atoms with Crippen LogP contribution >= 0.6 is 27.3 Å². The molecule has 1 amide bonds. The van der Waals surface area contributed by atoms with Gasteiger partial charge < -0.3 is 10.6 Å². The number of para-hydroxylation sites is 1. The van der Waals surface area contributed by atoms with Crippen LogP contribution in [-0.2, 0) is 11.2 Å². The van der Waals surface area contributed by atoms with E-state index in [0.29, 0.717) is 13.0 Å². The maximum absolute atomic E-state index is 12.1. The molecule has 2 aromatic rings. The van der Waals surface area contributed by atoms with Crippen LogP contribution in [0.25, 0.3) is 0 Å². The molecule has 0 saturated heterocycles. The largest absolute Gasteiger partial charge is 0.384 e. The van der Waals surface area contributed by atoms with E-state index in [9.17, 15) is 4.79 Å². The van der Waals surface area contributed by atoms with Gasteiger partial charge in [-0.05, 0) is 46.1 Å². The third-order valence-electron chi connectivity index (χ3n) is 3.69. The summed E-state index contributed by atoms with van der Waals surface area (Å²) in [6.45, 7) is 1.55. The van der Waals surface area contributed by atoms with Crippen molar-refractivity contribution in [1.82, 2.24) is 5.32 Å². The van der Waals surface area contributed by atoms with Gasteiger partial charge >= 0.3 is 0 Å². The van der Waals surface area contributed by atoms with E-state index in [1.54, 1.807) is 11.3 Å². The molecule has 2 N–H and O–H groups in total.